The molecule has 0 spiro atoms. The maximum atomic E-state index is 14.3. The number of aliphatic hydroxyl groups excluding tert-OH is 3. The molecule has 0 amide bonds. The second-order valence-corrected chi connectivity index (χ2v) is 12.2. The third kappa shape index (κ3) is 3.62. The SMILES string of the molecule is CC(=O)O[C@@]12CO[C@@H]1C[C@H](O)[C@]1(C)C(=O)[C@H](O)C3=C(C)[C@@H](O)C[C@@](O)(C(OC(=O)c4ccccc4)C21)C3(C)C. The first-order valence-electron chi connectivity index (χ1n) is 13.2. The van der Waals surface area contributed by atoms with Crippen LogP contribution in [0.2, 0.25) is 0 Å². The Labute approximate surface area is 226 Å². The van der Waals surface area contributed by atoms with Gasteiger partial charge in [0.15, 0.2) is 11.4 Å². The highest BCUT2D eigenvalue weighted by Crippen LogP contribution is 2.63. The highest BCUT2D eigenvalue weighted by Gasteiger charge is 2.77. The Morgan fingerprint density at radius 1 is 1.08 bits per heavy atom. The molecule has 1 heterocycles. The van der Waals surface area contributed by atoms with Crippen LogP contribution >= 0.6 is 0 Å². The smallest absolute Gasteiger partial charge is 0.338 e. The Bertz CT molecular complexity index is 1240. The van der Waals surface area contributed by atoms with Gasteiger partial charge in [-0.2, -0.15) is 0 Å². The van der Waals surface area contributed by atoms with Crippen molar-refractivity contribution >= 4 is 17.7 Å². The van der Waals surface area contributed by atoms with Crippen molar-refractivity contribution in [1.82, 2.24) is 0 Å². The van der Waals surface area contributed by atoms with Crippen molar-refractivity contribution in [3.8, 4) is 0 Å². The minimum absolute atomic E-state index is 0.0828. The van der Waals surface area contributed by atoms with Gasteiger partial charge in [-0.25, -0.2) is 4.79 Å². The summed E-state index contributed by atoms with van der Waals surface area (Å²) in [6, 6.07) is 8.08. The summed E-state index contributed by atoms with van der Waals surface area (Å²) in [5.41, 5.74) is -6.24. The summed E-state index contributed by atoms with van der Waals surface area (Å²) in [7, 11) is 0. The van der Waals surface area contributed by atoms with E-state index in [4.69, 9.17) is 14.2 Å². The Balaban J connectivity index is 1.81. The number of esters is 2. The number of rotatable bonds is 3. The zero-order valence-electron chi connectivity index (χ0n) is 22.7. The lowest BCUT2D eigenvalue weighted by atomic mass is 9.44. The number of benzene rings is 1. The molecule has 0 radical (unpaired) electrons. The molecule has 2 bridgehead atoms. The van der Waals surface area contributed by atoms with Crippen molar-refractivity contribution in [3.05, 3.63) is 47.0 Å². The summed E-state index contributed by atoms with van der Waals surface area (Å²) in [6.45, 7) is 7.29. The lowest BCUT2D eigenvalue weighted by molar-refractivity contribution is -0.345. The first-order valence-corrected chi connectivity index (χ1v) is 13.2. The molecule has 4 aliphatic rings. The van der Waals surface area contributed by atoms with Gasteiger partial charge >= 0.3 is 11.9 Å². The third-order valence-corrected chi connectivity index (χ3v) is 9.95. The third-order valence-electron chi connectivity index (χ3n) is 9.95. The molecule has 1 aliphatic heterocycles. The summed E-state index contributed by atoms with van der Waals surface area (Å²) < 4.78 is 17.7. The number of ether oxygens (including phenoxy) is 3. The lowest BCUT2D eigenvalue weighted by Gasteiger charge is -2.67. The van der Waals surface area contributed by atoms with Gasteiger partial charge in [0.25, 0.3) is 0 Å². The lowest BCUT2D eigenvalue weighted by Crippen LogP contribution is -2.81. The van der Waals surface area contributed by atoms with Gasteiger partial charge in [0.05, 0.1) is 35.7 Å². The first-order chi connectivity index (χ1) is 18.1. The molecule has 9 atom stereocenters. The monoisotopic (exact) mass is 544 g/mol. The van der Waals surface area contributed by atoms with Crippen LogP contribution in [0.5, 0.6) is 0 Å². The Hall–Kier alpha value is -2.63. The van der Waals surface area contributed by atoms with Gasteiger partial charge < -0.3 is 34.6 Å². The first kappa shape index (κ1) is 27.9. The van der Waals surface area contributed by atoms with E-state index in [1.54, 1.807) is 39.0 Å². The Morgan fingerprint density at radius 3 is 2.28 bits per heavy atom. The minimum atomic E-state index is -2.07. The second kappa shape index (κ2) is 8.94. The van der Waals surface area contributed by atoms with Crippen LogP contribution in [0, 0.1) is 16.7 Å². The number of fused-ring (bicyclic) bond motifs is 5. The van der Waals surface area contributed by atoms with Crippen molar-refractivity contribution in [2.45, 2.75) is 89.2 Å². The molecule has 3 aliphatic carbocycles. The number of hydrogen-bond acceptors (Lipinski definition) is 10. The van der Waals surface area contributed by atoms with Crippen LogP contribution in [-0.2, 0) is 23.8 Å². The van der Waals surface area contributed by atoms with E-state index in [9.17, 15) is 34.8 Å². The highest BCUT2D eigenvalue weighted by atomic mass is 16.6. The fourth-order valence-electron chi connectivity index (χ4n) is 7.66. The molecule has 39 heavy (non-hydrogen) atoms. The minimum Gasteiger partial charge on any atom is -0.455 e. The average molecular weight is 545 g/mol. The Morgan fingerprint density at radius 2 is 1.72 bits per heavy atom. The van der Waals surface area contributed by atoms with Crippen LogP contribution in [0.25, 0.3) is 0 Å². The maximum absolute atomic E-state index is 14.3. The van der Waals surface area contributed by atoms with Crippen LogP contribution in [-0.4, -0.2) is 86.5 Å². The molecular formula is C29H36O10. The van der Waals surface area contributed by atoms with Crippen LogP contribution in [0.3, 0.4) is 0 Å². The highest BCUT2D eigenvalue weighted by molar-refractivity contribution is 5.94. The summed E-state index contributed by atoms with van der Waals surface area (Å²) in [5, 5.41) is 46.7. The topological polar surface area (TPSA) is 160 Å². The molecule has 10 heteroatoms. The average Bonchev–Trinajstić information content (AvgIpc) is 2.87. The van der Waals surface area contributed by atoms with Crippen molar-refractivity contribution < 1.29 is 49.0 Å². The summed E-state index contributed by atoms with van der Waals surface area (Å²) in [5.74, 6) is -3.60. The van der Waals surface area contributed by atoms with E-state index in [-0.39, 0.29) is 30.6 Å². The molecule has 2 unspecified atom stereocenters. The second-order valence-electron chi connectivity index (χ2n) is 12.2. The summed E-state index contributed by atoms with van der Waals surface area (Å²) in [4.78, 5) is 40.3. The number of aliphatic hydroxyl groups is 4. The van der Waals surface area contributed by atoms with Crippen molar-refractivity contribution in [2.75, 3.05) is 6.61 Å². The van der Waals surface area contributed by atoms with E-state index < -0.39 is 76.2 Å². The zero-order valence-corrected chi connectivity index (χ0v) is 22.7. The Kier molecular flexibility index (Phi) is 6.40. The maximum Gasteiger partial charge on any atom is 0.338 e. The number of hydrogen-bond donors (Lipinski definition) is 4. The number of Topliss-reactive ketones (excluding diaryl/α,β-unsaturated/α-hetero) is 1. The molecule has 5 rings (SSSR count). The van der Waals surface area contributed by atoms with Gasteiger partial charge in [-0.3, -0.25) is 9.59 Å². The molecule has 1 aromatic rings. The van der Waals surface area contributed by atoms with Crippen molar-refractivity contribution in [3.63, 3.8) is 0 Å². The summed E-state index contributed by atoms with van der Waals surface area (Å²) in [6.07, 6.45) is -7.26. The van der Waals surface area contributed by atoms with Gasteiger partial charge in [-0.1, -0.05) is 32.0 Å². The molecule has 212 valence electrons. The number of carbonyl (C=O) groups excluding carboxylic acids is 3. The van der Waals surface area contributed by atoms with Gasteiger partial charge in [0, 0.05) is 25.2 Å². The largest absolute Gasteiger partial charge is 0.455 e. The quantitative estimate of drug-likeness (QED) is 0.320. The molecule has 3 fully saturated rings. The van der Waals surface area contributed by atoms with Gasteiger partial charge in [0.2, 0.25) is 0 Å². The number of ketones is 1. The number of carbonyl (C=O) groups is 3. The standard InChI is InChI=1S/C29H36O10/c1-14-17(31)12-29(36)24(38-25(35)16-9-7-6-8-10-16)22-27(5,23(34)21(33)20(14)26(29,3)4)18(32)11-19-28(22,13-37-19)39-15(2)30/h6-10,17-19,21-22,24,31-33,36H,11-13H2,1-5H3/t17-,18-,19+,21+,22?,24?,27-,28-,29+/m0/s1. The van der Waals surface area contributed by atoms with Gasteiger partial charge in [0.1, 0.15) is 23.9 Å². The van der Waals surface area contributed by atoms with Crippen molar-refractivity contribution in [1.29, 1.82) is 0 Å². The fourth-order valence-corrected chi connectivity index (χ4v) is 7.66. The summed E-state index contributed by atoms with van der Waals surface area (Å²) >= 11 is 0. The normalized spacial score (nSPS) is 42.7. The molecule has 4 N–H and O–H groups in total. The molecule has 1 saturated heterocycles. The predicted octanol–water partition coefficient (Wildman–Crippen LogP) is 1.08. The van der Waals surface area contributed by atoms with Crippen LogP contribution < -0.4 is 0 Å². The zero-order chi connectivity index (χ0) is 28.7. The van der Waals surface area contributed by atoms with E-state index >= 15 is 0 Å². The molecule has 1 aromatic carbocycles. The molecule has 2 saturated carbocycles. The van der Waals surface area contributed by atoms with Gasteiger partial charge in [-0.05, 0) is 37.1 Å². The van der Waals surface area contributed by atoms with Crippen LogP contribution in [0.15, 0.2) is 41.5 Å². The molecule has 10 nitrogen and oxygen atoms in total. The van der Waals surface area contributed by atoms with E-state index in [1.807, 2.05) is 0 Å². The van der Waals surface area contributed by atoms with Crippen LogP contribution in [0.4, 0.5) is 0 Å². The van der Waals surface area contributed by atoms with Crippen LogP contribution in [0.1, 0.15) is 57.8 Å². The van der Waals surface area contributed by atoms with E-state index in [1.165, 1.54) is 26.0 Å². The predicted molar refractivity (Wildman–Crippen MR) is 135 cm³/mol. The van der Waals surface area contributed by atoms with E-state index in [0.717, 1.165) is 0 Å². The molecule has 0 aromatic heterocycles. The van der Waals surface area contributed by atoms with E-state index in [2.05, 4.69) is 0 Å². The fraction of sp³-hybridized carbons (Fsp3) is 0.621. The van der Waals surface area contributed by atoms with Crippen molar-refractivity contribution in [2.24, 2.45) is 16.7 Å². The van der Waals surface area contributed by atoms with E-state index in [0.29, 0.717) is 5.57 Å². The molecular weight excluding hydrogens is 508 g/mol. The van der Waals surface area contributed by atoms with Gasteiger partial charge in [-0.15, -0.1) is 0 Å².